The van der Waals surface area contributed by atoms with Gasteiger partial charge in [0.1, 0.15) is 6.04 Å². The van der Waals surface area contributed by atoms with Crippen LogP contribution in [-0.2, 0) is 11.3 Å². The molecule has 0 unspecified atom stereocenters. The van der Waals surface area contributed by atoms with Gasteiger partial charge in [0.2, 0.25) is 5.82 Å². The van der Waals surface area contributed by atoms with Crippen LogP contribution in [0.4, 0.5) is 5.69 Å². The summed E-state index contributed by atoms with van der Waals surface area (Å²) in [7, 11) is 1.70. The Hall–Kier alpha value is -1.70. The summed E-state index contributed by atoms with van der Waals surface area (Å²) >= 11 is 6.16. The Kier molecular flexibility index (Phi) is 7.04. The fraction of sp³-hybridized carbons (Fsp3) is 0.632. The van der Waals surface area contributed by atoms with E-state index in [1.165, 1.54) is 5.69 Å². The van der Waals surface area contributed by atoms with E-state index in [1.54, 1.807) is 12.0 Å². The van der Waals surface area contributed by atoms with Gasteiger partial charge in [-0.2, -0.15) is 0 Å². The standard InChI is InChI=1S/C19H29ClN6O/c1-15(2)13-18(19-21-22-23-26(19)11-12-27-3)25-9-7-24(8-10-25)17-6-4-5-16(20)14-17/h4-6,14-15,18H,7-13H2,1-3H3/p+1/t18-/m0/s1. The van der Waals surface area contributed by atoms with E-state index in [2.05, 4.69) is 40.3 Å². The molecule has 2 aromatic rings. The lowest BCUT2D eigenvalue weighted by Crippen LogP contribution is -3.15. The van der Waals surface area contributed by atoms with Crippen LogP contribution in [0.1, 0.15) is 32.1 Å². The molecule has 1 fully saturated rings. The van der Waals surface area contributed by atoms with Crippen LogP contribution in [0.15, 0.2) is 24.3 Å². The van der Waals surface area contributed by atoms with Crippen molar-refractivity contribution < 1.29 is 9.64 Å². The molecule has 0 radical (unpaired) electrons. The first-order valence-electron chi connectivity index (χ1n) is 9.68. The molecular formula is C19H30ClN6O+. The Morgan fingerprint density at radius 1 is 1.26 bits per heavy atom. The number of ether oxygens (including phenoxy) is 1. The SMILES string of the molecule is COCCn1nnnc1[C@H](CC(C)C)[NH+]1CCN(c2cccc(Cl)c2)CC1. The second kappa shape index (κ2) is 9.48. The normalized spacial score (nSPS) is 16.9. The third kappa shape index (κ3) is 5.18. The number of piperazine rings is 1. The molecule has 148 valence electrons. The third-order valence-corrected chi connectivity index (χ3v) is 5.39. The summed E-state index contributed by atoms with van der Waals surface area (Å²) in [6.45, 7) is 9.95. The lowest BCUT2D eigenvalue weighted by atomic mass is 10.0. The molecule has 2 heterocycles. The molecule has 1 aliphatic heterocycles. The number of nitrogens with one attached hydrogen (secondary N) is 1. The van der Waals surface area contributed by atoms with E-state index in [9.17, 15) is 0 Å². The number of quaternary nitrogens is 1. The molecule has 1 aromatic heterocycles. The quantitative estimate of drug-likeness (QED) is 0.735. The summed E-state index contributed by atoms with van der Waals surface area (Å²) in [4.78, 5) is 3.96. The Morgan fingerprint density at radius 2 is 2.04 bits per heavy atom. The predicted octanol–water partition coefficient (Wildman–Crippen LogP) is 1.47. The molecule has 8 heteroatoms. The fourth-order valence-electron chi connectivity index (χ4n) is 3.80. The maximum Gasteiger partial charge on any atom is 0.209 e. The lowest BCUT2D eigenvalue weighted by molar-refractivity contribution is -0.934. The zero-order valence-electron chi connectivity index (χ0n) is 16.4. The zero-order chi connectivity index (χ0) is 19.2. The van der Waals surface area contributed by atoms with Crippen molar-refractivity contribution in [2.75, 3.05) is 44.8 Å². The molecule has 0 bridgehead atoms. The van der Waals surface area contributed by atoms with E-state index >= 15 is 0 Å². The van der Waals surface area contributed by atoms with Gasteiger partial charge in [-0.1, -0.05) is 31.5 Å². The molecule has 1 aliphatic rings. The first-order valence-corrected chi connectivity index (χ1v) is 10.1. The molecule has 0 aliphatic carbocycles. The molecular weight excluding hydrogens is 364 g/mol. The van der Waals surface area contributed by atoms with Gasteiger partial charge in [0.25, 0.3) is 0 Å². The van der Waals surface area contributed by atoms with Gasteiger partial charge in [0.05, 0.1) is 39.3 Å². The number of tetrazole rings is 1. The Morgan fingerprint density at radius 3 is 2.70 bits per heavy atom. The molecule has 1 N–H and O–H groups in total. The van der Waals surface area contributed by atoms with E-state index in [4.69, 9.17) is 16.3 Å². The summed E-state index contributed by atoms with van der Waals surface area (Å²) in [5, 5.41) is 13.3. The maximum absolute atomic E-state index is 6.16. The molecule has 0 saturated carbocycles. The fourth-order valence-corrected chi connectivity index (χ4v) is 3.98. The van der Waals surface area contributed by atoms with Crippen LogP contribution in [0.2, 0.25) is 5.02 Å². The van der Waals surface area contributed by atoms with Crippen molar-refractivity contribution in [3.8, 4) is 0 Å². The van der Waals surface area contributed by atoms with Gasteiger partial charge in [-0.25, -0.2) is 4.68 Å². The second-order valence-electron chi connectivity index (χ2n) is 7.56. The zero-order valence-corrected chi connectivity index (χ0v) is 17.2. The van der Waals surface area contributed by atoms with Crippen molar-refractivity contribution >= 4 is 17.3 Å². The van der Waals surface area contributed by atoms with E-state index in [1.807, 2.05) is 22.9 Å². The highest BCUT2D eigenvalue weighted by Crippen LogP contribution is 2.21. The molecule has 0 amide bonds. The van der Waals surface area contributed by atoms with Crippen LogP contribution < -0.4 is 9.80 Å². The molecule has 3 rings (SSSR count). The van der Waals surface area contributed by atoms with Crippen LogP contribution >= 0.6 is 11.6 Å². The van der Waals surface area contributed by atoms with Crippen LogP contribution in [-0.4, -0.2) is 60.1 Å². The minimum atomic E-state index is 0.304. The van der Waals surface area contributed by atoms with Crippen molar-refractivity contribution in [3.63, 3.8) is 0 Å². The van der Waals surface area contributed by atoms with Gasteiger partial charge in [-0.3, -0.25) is 0 Å². The van der Waals surface area contributed by atoms with Crippen LogP contribution in [0.5, 0.6) is 0 Å². The van der Waals surface area contributed by atoms with Gasteiger partial charge >= 0.3 is 0 Å². The number of hydrogen-bond donors (Lipinski definition) is 1. The first kappa shape index (κ1) is 20.0. The molecule has 1 atom stereocenters. The smallest absolute Gasteiger partial charge is 0.209 e. The van der Waals surface area contributed by atoms with E-state index in [0.717, 1.165) is 43.4 Å². The largest absolute Gasteiger partial charge is 0.383 e. The van der Waals surface area contributed by atoms with Crippen molar-refractivity contribution in [2.24, 2.45) is 5.92 Å². The van der Waals surface area contributed by atoms with Gasteiger partial charge in [-0.15, -0.1) is 5.10 Å². The van der Waals surface area contributed by atoms with Gasteiger partial charge in [0, 0.05) is 24.2 Å². The number of anilines is 1. The van der Waals surface area contributed by atoms with Crippen molar-refractivity contribution in [2.45, 2.75) is 32.9 Å². The monoisotopic (exact) mass is 393 g/mol. The van der Waals surface area contributed by atoms with Gasteiger partial charge < -0.3 is 14.5 Å². The predicted molar refractivity (Wildman–Crippen MR) is 106 cm³/mol. The van der Waals surface area contributed by atoms with Crippen molar-refractivity contribution in [1.29, 1.82) is 0 Å². The summed E-state index contributed by atoms with van der Waals surface area (Å²) in [5.41, 5.74) is 1.20. The summed E-state index contributed by atoms with van der Waals surface area (Å²) in [6.07, 6.45) is 1.07. The number of rotatable bonds is 8. The minimum absolute atomic E-state index is 0.304. The maximum atomic E-state index is 6.16. The van der Waals surface area contributed by atoms with E-state index < -0.39 is 0 Å². The Balaban J connectivity index is 1.71. The number of nitrogens with zero attached hydrogens (tertiary/aromatic N) is 5. The summed E-state index contributed by atoms with van der Waals surface area (Å²) in [5.74, 6) is 1.56. The summed E-state index contributed by atoms with van der Waals surface area (Å²) in [6, 6.07) is 8.42. The minimum Gasteiger partial charge on any atom is -0.383 e. The molecule has 27 heavy (non-hydrogen) atoms. The van der Waals surface area contributed by atoms with Gasteiger partial charge in [0.15, 0.2) is 0 Å². The van der Waals surface area contributed by atoms with E-state index in [-0.39, 0.29) is 0 Å². The highest BCUT2D eigenvalue weighted by molar-refractivity contribution is 6.30. The molecule has 1 saturated heterocycles. The topological polar surface area (TPSA) is 60.5 Å². The lowest BCUT2D eigenvalue weighted by Gasteiger charge is -2.37. The average Bonchev–Trinajstić information content (AvgIpc) is 3.12. The van der Waals surface area contributed by atoms with Crippen molar-refractivity contribution in [3.05, 3.63) is 35.1 Å². The number of benzene rings is 1. The number of hydrogen-bond acceptors (Lipinski definition) is 5. The van der Waals surface area contributed by atoms with Crippen molar-refractivity contribution in [1.82, 2.24) is 20.2 Å². The van der Waals surface area contributed by atoms with Crippen LogP contribution in [0.25, 0.3) is 0 Å². The van der Waals surface area contributed by atoms with Gasteiger partial charge in [-0.05, 0) is 34.5 Å². The van der Waals surface area contributed by atoms with E-state index in [0.29, 0.717) is 25.1 Å². The first-order chi connectivity index (χ1) is 13.1. The van der Waals surface area contributed by atoms with Crippen LogP contribution in [0, 0.1) is 5.92 Å². The van der Waals surface area contributed by atoms with Crippen LogP contribution in [0.3, 0.4) is 0 Å². The number of aromatic nitrogens is 4. The molecule has 1 aromatic carbocycles. The second-order valence-corrected chi connectivity index (χ2v) is 8.00. The molecule has 0 spiro atoms. The molecule has 7 nitrogen and oxygen atoms in total. The Bertz CT molecular complexity index is 714. The number of halogens is 1. The summed E-state index contributed by atoms with van der Waals surface area (Å²) < 4.78 is 7.12. The highest BCUT2D eigenvalue weighted by atomic mass is 35.5. The highest BCUT2D eigenvalue weighted by Gasteiger charge is 2.33. The third-order valence-electron chi connectivity index (χ3n) is 5.16. The average molecular weight is 394 g/mol. The Labute approximate surface area is 166 Å². The number of methoxy groups -OCH3 is 1.